The largest absolute Gasteiger partial charge is 0.478 e. The number of rotatable bonds is 3. The van der Waals surface area contributed by atoms with E-state index in [1.165, 1.54) is 0 Å². The minimum absolute atomic E-state index is 0.520. The number of carboxylic acids is 1. The van der Waals surface area contributed by atoms with Crippen molar-refractivity contribution in [3.63, 3.8) is 0 Å². The number of ether oxygens (including phenoxy) is 1. The summed E-state index contributed by atoms with van der Waals surface area (Å²) in [4.78, 5) is 24.5. The van der Waals surface area contributed by atoms with Crippen LogP contribution in [0.3, 0.4) is 0 Å². The Morgan fingerprint density at radius 1 is 1.39 bits per heavy atom. The van der Waals surface area contributed by atoms with Crippen molar-refractivity contribution in [1.82, 2.24) is 0 Å². The van der Waals surface area contributed by atoms with Gasteiger partial charge in [0.15, 0.2) is 0 Å². The lowest BCUT2D eigenvalue weighted by molar-refractivity contribution is -0.147. The fourth-order valence-electron chi connectivity index (χ4n) is 2.20. The summed E-state index contributed by atoms with van der Waals surface area (Å²) in [6.07, 6.45) is 0.486. The third-order valence-electron chi connectivity index (χ3n) is 3.31. The molecule has 1 aromatic carbocycles. The number of hydrogen-bond donors (Lipinski definition) is 1. The number of carbonyl (C=O) groups excluding carboxylic acids is 1. The van der Waals surface area contributed by atoms with Gasteiger partial charge in [0.05, 0.1) is 5.69 Å². The van der Waals surface area contributed by atoms with Crippen molar-refractivity contribution in [2.75, 3.05) is 11.4 Å². The molecule has 94 valence electrons. The summed E-state index contributed by atoms with van der Waals surface area (Å²) in [7, 11) is 0. The van der Waals surface area contributed by atoms with Crippen LogP contribution in [0.2, 0.25) is 0 Å². The highest BCUT2D eigenvalue weighted by Gasteiger charge is 2.38. The smallest absolute Gasteiger partial charge is 0.415 e. The van der Waals surface area contributed by atoms with Gasteiger partial charge in [-0.2, -0.15) is 0 Å². The second-order valence-corrected chi connectivity index (χ2v) is 4.71. The van der Waals surface area contributed by atoms with Gasteiger partial charge >= 0.3 is 12.1 Å². The van der Waals surface area contributed by atoms with Crippen molar-refractivity contribution < 1.29 is 19.4 Å². The van der Waals surface area contributed by atoms with Gasteiger partial charge in [0, 0.05) is 12.1 Å². The zero-order valence-electron chi connectivity index (χ0n) is 9.70. The number of nitrogens with zero attached hydrogens (tertiary/aromatic N) is 1. The number of benzene rings is 1. The van der Waals surface area contributed by atoms with Gasteiger partial charge < -0.3 is 9.84 Å². The van der Waals surface area contributed by atoms with E-state index >= 15 is 0 Å². The molecule has 1 aliphatic heterocycles. The molecule has 1 amide bonds. The predicted octanol–water partition coefficient (Wildman–Crippen LogP) is 2.18. The van der Waals surface area contributed by atoms with Crippen LogP contribution in [0.25, 0.3) is 0 Å². The number of hydrogen-bond acceptors (Lipinski definition) is 3. The van der Waals surface area contributed by atoms with Gasteiger partial charge in [0.1, 0.15) is 0 Å². The Kier molecular flexibility index (Phi) is 2.47. The van der Waals surface area contributed by atoms with Crippen molar-refractivity contribution in [3.05, 3.63) is 29.8 Å². The summed E-state index contributed by atoms with van der Waals surface area (Å²) in [6.45, 7) is 0.613. The second kappa shape index (κ2) is 4.01. The zero-order valence-corrected chi connectivity index (χ0v) is 9.70. The van der Waals surface area contributed by atoms with Crippen LogP contribution in [0.15, 0.2) is 24.3 Å². The number of carbonyl (C=O) groups is 2. The molecule has 0 bridgehead atoms. The lowest BCUT2D eigenvalue weighted by atomic mass is 10.0. The molecule has 0 saturated heterocycles. The van der Waals surface area contributed by atoms with Crippen LogP contribution in [-0.2, 0) is 9.53 Å². The third-order valence-corrected chi connectivity index (χ3v) is 3.31. The Morgan fingerprint density at radius 2 is 2.11 bits per heavy atom. The Bertz CT molecular complexity index is 509. The average molecular weight is 247 g/mol. The van der Waals surface area contributed by atoms with Crippen LogP contribution >= 0.6 is 0 Å². The highest BCUT2D eigenvalue weighted by molar-refractivity contribution is 5.95. The summed E-state index contributed by atoms with van der Waals surface area (Å²) >= 11 is 0. The van der Waals surface area contributed by atoms with E-state index in [1.54, 1.807) is 29.2 Å². The van der Waals surface area contributed by atoms with Gasteiger partial charge in [0.25, 0.3) is 0 Å². The molecule has 0 radical (unpaired) electrons. The Balaban J connectivity index is 1.99. The molecule has 18 heavy (non-hydrogen) atoms. The fourth-order valence-corrected chi connectivity index (χ4v) is 2.20. The molecule has 1 atom stereocenters. The monoisotopic (exact) mass is 247 g/mol. The summed E-state index contributed by atoms with van der Waals surface area (Å²) in [5.41, 5.74) is 1.21. The molecular weight excluding hydrogens is 234 g/mol. The molecule has 1 unspecified atom stereocenters. The average Bonchev–Trinajstić information content (AvgIpc) is 3.16. The van der Waals surface area contributed by atoms with E-state index in [4.69, 9.17) is 9.84 Å². The molecule has 5 nitrogen and oxygen atoms in total. The number of para-hydroxylation sites is 1. The number of cyclic esters (lactones) is 1. The van der Waals surface area contributed by atoms with E-state index in [0.29, 0.717) is 23.7 Å². The van der Waals surface area contributed by atoms with Gasteiger partial charge in [-0.05, 0) is 24.8 Å². The van der Waals surface area contributed by atoms with Crippen LogP contribution in [0.1, 0.15) is 24.5 Å². The Morgan fingerprint density at radius 3 is 2.78 bits per heavy atom. The van der Waals surface area contributed by atoms with Crippen molar-refractivity contribution >= 4 is 17.7 Å². The lowest BCUT2D eigenvalue weighted by Gasteiger charge is -2.32. The predicted molar refractivity (Wildman–Crippen MR) is 63.4 cm³/mol. The van der Waals surface area contributed by atoms with E-state index in [2.05, 4.69) is 0 Å². The van der Waals surface area contributed by atoms with E-state index < -0.39 is 18.2 Å². The Labute approximate surface area is 104 Å². The zero-order chi connectivity index (χ0) is 12.7. The van der Waals surface area contributed by atoms with Gasteiger partial charge in [-0.25, -0.2) is 9.59 Å². The molecule has 1 fully saturated rings. The highest BCUT2D eigenvalue weighted by atomic mass is 16.6. The molecule has 2 aliphatic rings. The van der Waals surface area contributed by atoms with Crippen LogP contribution < -0.4 is 4.90 Å². The van der Waals surface area contributed by atoms with Crippen LogP contribution in [0.4, 0.5) is 10.5 Å². The standard InChI is InChI=1S/C13H13NO4/c15-12(16)11-9-3-1-2-4-10(9)14(13(17)18-11)7-8-5-6-8/h1-4,8,11H,5-7H2,(H,15,16). The summed E-state index contributed by atoms with van der Waals surface area (Å²) < 4.78 is 5.00. The SMILES string of the molecule is O=C(O)C1OC(=O)N(CC2CC2)c2ccccc21. The molecule has 0 aromatic heterocycles. The summed E-state index contributed by atoms with van der Waals surface area (Å²) in [6, 6.07) is 7.02. The van der Waals surface area contributed by atoms with Crippen LogP contribution in [-0.4, -0.2) is 23.7 Å². The fraction of sp³-hybridized carbons (Fsp3) is 0.385. The van der Waals surface area contributed by atoms with Crippen LogP contribution in [0, 0.1) is 5.92 Å². The first-order chi connectivity index (χ1) is 8.66. The number of fused-ring (bicyclic) bond motifs is 1. The van der Waals surface area contributed by atoms with Crippen molar-refractivity contribution in [3.8, 4) is 0 Å². The molecular formula is C13H13NO4. The number of amides is 1. The number of anilines is 1. The van der Waals surface area contributed by atoms with Gasteiger partial charge in [-0.1, -0.05) is 18.2 Å². The maximum absolute atomic E-state index is 11.9. The maximum Gasteiger partial charge on any atom is 0.415 e. The topological polar surface area (TPSA) is 66.8 Å². The quantitative estimate of drug-likeness (QED) is 0.888. The van der Waals surface area contributed by atoms with Gasteiger partial charge in [-0.15, -0.1) is 0 Å². The molecule has 1 saturated carbocycles. The highest BCUT2D eigenvalue weighted by Crippen LogP contribution is 2.38. The van der Waals surface area contributed by atoms with E-state index in [-0.39, 0.29) is 0 Å². The lowest BCUT2D eigenvalue weighted by Crippen LogP contribution is -2.40. The normalized spacial score (nSPS) is 22.3. The van der Waals surface area contributed by atoms with Gasteiger partial charge in [0.2, 0.25) is 6.10 Å². The molecule has 0 spiro atoms. The summed E-state index contributed by atoms with van der Waals surface area (Å²) in [5.74, 6) is -0.617. The second-order valence-electron chi connectivity index (χ2n) is 4.71. The summed E-state index contributed by atoms with van der Waals surface area (Å²) in [5, 5.41) is 9.09. The molecule has 3 rings (SSSR count). The van der Waals surface area contributed by atoms with Crippen LogP contribution in [0.5, 0.6) is 0 Å². The van der Waals surface area contributed by atoms with Crippen molar-refractivity contribution in [1.29, 1.82) is 0 Å². The van der Waals surface area contributed by atoms with E-state index in [0.717, 1.165) is 12.8 Å². The number of aliphatic carboxylic acids is 1. The first kappa shape index (κ1) is 11.1. The molecule has 5 heteroatoms. The minimum Gasteiger partial charge on any atom is -0.478 e. The van der Waals surface area contributed by atoms with Crippen molar-refractivity contribution in [2.45, 2.75) is 18.9 Å². The molecule has 1 aliphatic carbocycles. The Hall–Kier alpha value is -2.04. The van der Waals surface area contributed by atoms with Gasteiger partial charge in [-0.3, -0.25) is 4.90 Å². The maximum atomic E-state index is 11.9. The van der Waals surface area contributed by atoms with E-state index in [9.17, 15) is 9.59 Å². The minimum atomic E-state index is -1.19. The molecule has 1 aromatic rings. The first-order valence-corrected chi connectivity index (χ1v) is 5.96. The first-order valence-electron chi connectivity index (χ1n) is 5.96. The van der Waals surface area contributed by atoms with Crippen molar-refractivity contribution in [2.24, 2.45) is 5.92 Å². The molecule has 1 heterocycles. The number of carboxylic acid groups (broad SMARTS) is 1. The third kappa shape index (κ3) is 1.81. The molecule has 1 N–H and O–H groups in total. The van der Waals surface area contributed by atoms with E-state index in [1.807, 2.05) is 0 Å².